The number of hydrogen-bond donors (Lipinski definition) is 4. The summed E-state index contributed by atoms with van der Waals surface area (Å²) < 4.78 is 14.4. The maximum atomic E-state index is 14.4. The van der Waals surface area contributed by atoms with Gasteiger partial charge in [0.05, 0.1) is 16.8 Å². The van der Waals surface area contributed by atoms with Gasteiger partial charge in [-0.15, -0.1) is 0 Å². The number of fused-ring (bicyclic) bond motifs is 1. The molecule has 1 amide bonds. The highest BCUT2D eigenvalue weighted by Crippen LogP contribution is 2.31. The van der Waals surface area contributed by atoms with Crippen molar-refractivity contribution in [3.05, 3.63) is 35.5 Å². The van der Waals surface area contributed by atoms with E-state index in [0.717, 1.165) is 24.4 Å². The minimum absolute atomic E-state index is 0.0677. The maximum absolute atomic E-state index is 14.4. The van der Waals surface area contributed by atoms with Crippen molar-refractivity contribution in [1.29, 1.82) is 0 Å². The second kappa shape index (κ2) is 8.16. The van der Waals surface area contributed by atoms with Crippen LogP contribution in [0.2, 0.25) is 5.02 Å². The molecule has 1 aliphatic carbocycles. The van der Waals surface area contributed by atoms with Crippen molar-refractivity contribution in [3.8, 4) is 11.4 Å². The predicted molar refractivity (Wildman–Crippen MR) is 112 cm³/mol. The van der Waals surface area contributed by atoms with Gasteiger partial charge < -0.3 is 20.7 Å². The van der Waals surface area contributed by atoms with Crippen LogP contribution >= 0.6 is 11.6 Å². The highest BCUT2D eigenvalue weighted by molar-refractivity contribution is 6.31. The van der Waals surface area contributed by atoms with Gasteiger partial charge >= 0.3 is 0 Å². The lowest BCUT2D eigenvalue weighted by Gasteiger charge is -2.37. The number of pyridine rings is 1. The molecule has 4 rings (SSSR count). The molecular weight excluding hydrogens is 411 g/mol. The van der Waals surface area contributed by atoms with E-state index >= 15 is 0 Å². The fraction of sp³-hybridized carbons (Fsp3) is 0.400. The first-order valence-electron chi connectivity index (χ1n) is 9.72. The topological polar surface area (TPSA) is 116 Å². The fourth-order valence-corrected chi connectivity index (χ4v) is 4.03. The van der Waals surface area contributed by atoms with Gasteiger partial charge in [-0.25, -0.2) is 19.3 Å². The third kappa shape index (κ3) is 4.36. The van der Waals surface area contributed by atoms with Crippen molar-refractivity contribution in [2.24, 2.45) is 0 Å². The van der Waals surface area contributed by atoms with Gasteiger partial charge in [-0.3, -0.25) is 4.79 Å². The Balaban J connectivity index is 1.56. The zero-order chi connectivity index (χ0) is 21.3. The fourth-order valence-electron chi connectivity index (χ4n) is 3.87. The van der Waals surface area contributed by atoms with E-state index in [-0.39, 0.29) is 24.3 Å². The largest absolute Gasteiger partial charge is 0.388 e. The number of carbonyl (C=O) groups excluding carboxylic acids is 1. The van der Waals surface area contributed by atoms with Crippen molar-refractivity contribution in [1.82, 2.24) is 25.3 Å². The Morgan fingerprint density at radius 2 is 2.27 bits per heavy atom. The summed E-state index contributed by atoms with van der Waals surface area (Å²) in [4.78, 5) is 26.9. The van der Waals surface area contributed by atoms with Crippen molar-refractivity contribution in [2.75, 3.05) is 11.9 Å². The number of nitrogens with zero attached hydrogens (tertiary/aromatic N) is 3. The molecule has 8 nitrogen and oxygen atoms in total. The monoisotopic (exact) mass is 432 g/mol. The Kier molecular flexibility index (Phi) is 5.57. The molecule has 0 radical (unpaired) electrons. The zero-order valence-corrected chi connectivity index (χ0v) is 17.1. The lowest BCUT2D eigenvalue weighted by atomic mass is 9.81. The van der Waals surface area contributed by atoms with Crippen LogP contribution in [-0.2, 0) is 4.79 Å². The standard InChI is InChI=1S/C20H22ClFN6O2/c1-11(29)26-10-20(30)4-2-3-13(6-20)27-19-16(22)9-25-18(28-19)15-8-24-17-14(15)5-12(21)7-23-17/h5,7-9,13,30H,2-4,6,10H2,1H3,(H,23,24)(H,26,29)(H,25,27,28)/t13?,20-/m0/s1. The second-order valence-corrected chi connectivity index (χ2v) is 8.15. The molecule has 3 heterocycles. The van der Waals surface area contributed by atoms with Crippen LogP contribution in [0.25, 0.3) is 22.4 Å². The van der Waals surface area contributed by atoms with E-state index < -0.39 is 11.4 Å². The Morgan fingerprint density at radius 1 is 1.43 bits per heavy atom. The molecule has 158 valence electrons. The number of amides is 1. The number of aromatic amines is 1. The zero-order valence-electron chi connectivity index (χ0n) is 16.4. The molecule has 2 atom stereocenters. The lowest BCUT2D eigenvalue weighted by molar-refractivity contribution is -0.120. The molecule has 3 aromatic heterocycles. The summed E-state index contributed by atoms with van der Waals surface area (Å²) in [6, 6.07) is 1.56. The smallest absolute Gasteiger partial charge is 0.216 e. The molecular formula is C20H22ClFN6O2. The highest BCUT2D eigenvalue weighted by Gasteiger charge is 2.35. The second-order valence-electron chi connectivity index (χ2n) is 7.71. The Labute approximate surface area is 177 Å². The Bertz CT molecular complexity index is 1090. The average Bonchev–Trinajstić information content (AvgIpc) is 3.11. The molecule has 1 aliphatic rings. The number of rotatable bonds is 5. The summed E-state index contributed by atoms with van der Waals surface area (Å²) in [7, 11) is 0. The number of aromatic nitrogens is 4. The number of H-pyrrole nitrogens is 1. The van der Waals surface area contributed by atoms with Gasteiger partial charge in [0.15, 0.2) is 17.5 Å². The van der Waals surface area contributed by atoms with Crippen LogP contribution < -0.4 is 10.6 Å². The normalized spacial score (nSPS) is 21.5. The van der Waals surface area contributed by atoms with Crippen molar-refractivity contribution in [2.45, 2.75) is 44.2 Å². The van der Waals surface area contributed by atoms with E-state index in [1.807, 2.05) is 0 Å². The Hall–Kier alpha value is -2.78. The number of hydrogen-bond acceptors (Lipinski definition) is 6. The van der Waals surface area contributed by atoms with Crippen LogP contribution in [-0.4, -0.2) is 49.1 Å². The summed E-state index contributed by atoms with van der Waals surface area (Å²) >= 11 is 6.05. The van der Waals surface area contributed by atoms with Crippen molar-refractivity contribution < 1.29 is 14.3 Å². The van der Waals surface area contributed by atoms with E-state index in [4.69, 9.17) is 11.6 Å². The van der Waals surface area contributed by atoms with Gasteiger partial charge in [0.2, 0.25) is 5.91 Å². The lowest BCUT2D eigenvalue weighted by Crippen LogP contribution is -2.48. The summed E-state index contributed by atoms with van der Waals surface area (Å²) in [5.41, 5.74) is 0.258. The summed E-state index contributed by atoms with van der Waals surface area (Å²) in [6.07, 6.45) is 6.82. The molecule has 1 unspecified atom stereocenters. The molecule has 0 spiro atoms. The number of halogens is 2. The molecule has 3 aromatic rings. The van der Waals surface area contributed by atoms with Crippen molar-refractivity contribution in [3.63, 3.8) is 0 Å². The third-order valence-electron chi connectivity index (χ3n) is 5.31. The highest BCUT2D eigenvalue weighted by atomic mass is 35.5. The van der Waals surface area contributed by atoms with Crippen LogP contribution in [0.3, 0.4) is 0 Å². The quantitative estimate of drug-likeness (QED) is 0.492. The molecule has 0 saturated heterocycles. The van der Waals surface area contributed by atoms with Crippen LogP contribution in [0, 0.1) is 5.82 Å². The predicted octanol–water partition coefficient (Wildman–Crippen LogP) is 3.03. The van der Waals surface area contributed by atoms with E-state index in [1.54, 1.807) is 12.3 Å². The van der Waals surface area contributed by atoms with Gasteiger partial charge in [-0.1, -0.05) is 11.6 Å². The summed E-state index contributed by atoms with van der Waals surface area (Å²) in [5, 5.41) is 17.8. The molecule has 10 heteroatoms. The number of anilines is 1. The Morgan fingerprint density at radius 3 is 3.07 bits per heavy atom. The summed E-state index contributed by atoms with van der Waals surface area (Å²) in [5.74, 6) is -0.374. The minimum atomic E-state index is -1.03. The molecule has 1 fully saturated rings. The third-order valence-corrected chi connectivity index (χ3v) is 5.52. The van der Waals surface area contributed by atoms with E-state index in [0.29, 0.717) is 34.9 Å². The number of nitrogens with one attached hydrogen (secondary N) is 3. The van der Waals surface area contributed by atoms with Gasteiger partial charge in [0.1, 0.15) is 5.65 Å². The van der Waals surface area contributed by atoms with Crippen molar-refractivity contribution >= 4 is 34.4 Å². The van der Waals surface area contributed by atoms with Gasteiger partial charge in [-0.2, -0.15) is 0 Å². The molecule has 0 aliphatic heterocycles. The van der Waals surface area contributed by atoms with E-state index in [1.165, 1.54) is 13.1 Å². The number of carbonyl (C=O) groups is 1. The molecule has 4 N–H and O–H groups in total. The first-order valence-corrected chi connectivity index (χ1v) is 10.1. The molecule has 30 heavy (non-hydrogen) atoms. The average molecular weight is 433 g/mol. The first-order chi connectivity index (χ1) is 14.3. The first kappa shape index (κ1) is 20.5. The van der Waals surface area contributed by atoms with Gasteiger partial charge in [-0.05, 0) is 31.7 Å². The number of aliphatic hydroxyl groups is 1. The molecule has 0 aromatic carbocycles. The van der Waals surface area contributed by atoms with Crippen LogP contribution in [0.15, 0.2) is 24.7 Å². The van der Waals surface area contributed by atoms with Gasteiger partial charge in [0.25, 0.3) is 0 Å². The van der Waals surface area contributed by atoms with Crippen LogP contribution in [0.1, 0.15) is 32.6 Å². The van der Waals surface area contributed by atoms with Gasteiger partial charge in [0, 0.05) is 42.9 Å². The van der Waals surface area contributed by atoms with Crippen LogP contribution in [0.4, 0.5) is 10.2 Å². The maximum Gasteiger partial charge on any atom is 0.216 e. The molecule has 1 saturated carbocycles. The van der Waals surface area contributed by atoms with Crippen LogP contribution in [0.5, 0.6) is 0 Å². The van der Waals surface area contributed by atoms with E-state index in [9.17, 15) is 14.3 Å². The minimum Gasteiger partial charge on any atom is -0.388 e. The SMILES string of the molecule is CC(=O)NC[C@]1(O)CCCC(Nc2nc(-c3c[nH]c4ncc(Cl)cc34)ncc2F)C1. The molecule has 0 bridgehead atoms. The summed E-state index contributed by atoms with van der Waals surface area (Å²) in [6.45, 7) is 1.58. The van der Waals surface area contributed by atoms with E-state index in [2.05, 4.69) is 30.6 Å².